The van der Waals surface area contributed by atoms with Crippen LogP contribution >= 0.6 is 0 Å². The Labute approximate surface area is 118 Å². The van der Waals surface area contributed by atoms with Gasteiger partial charge in [0, 0.05) is 30.5 Å². The van der Waals surface area contributed by atoms with E-state index in [2.05, 4.69) is 22.9 Å². The van der Waals surface area contributed by atoms with Crippen LogP contribution in [0, 0.1) is 23.2 Å². The molecule has 0 aliphatic heterocycles. The molecule has 0 radical (unpaired) electrons. The Balaban J connectivity index is 2.16. The Kier molecular flexibility index (Phi) is 4.70. The van der Waals surface area contributed by atoms with E-state index in [1.807, 2.05) is 0 Å². The van der Waals surface area contributed by atoms with Gasteiger partial charge in [0.1, 0.15) is 0 Å². The minimum atomic E-state index is -0.0772. The van der Waals surface area contributed by atoms with Gasteiger partial charge in [0.05, 0.1) is 24.6 Å². The highest BCUT2D eigenvalue weighted by Crippen LogP contribution is 2.28. The predicted octanol–water partition coefficient (Wildman–Crippen LogP) is 0.910. The van der Waals surface area contributed by atoms with Crippen molar-refractivity contribution in [2.75, 3.05) is 13.1 Å². The Morgan fingerprint density at radius 2 is 2.30 bits per heavy atom. The van der Waals surface area contributed by atoms with Crippen molar-refractivity contribution in [1.29, 1.82) is 5.26 Å². The Bertz CT molecular complexity index is 590. The Hall–Kier alpha value is -2.37. The second-order valence-electron chi connectivity index (χ2n) is 4.61. The van der Waals surface area contributed by atoms with Crippen LogP contribution in [0.2, 0.25) is 0 Å². The summed E-state index contributed by atoms with van der Waals surface area (Å²) in [6, 6.07) is 4.08. The van der Waals surface area contributed by atoms with Crippen molar-refractivity contribution in [3.8, 4) is 17.9 Å². The zero-order chi connectivity index (χ0) is 14.4. The minimum absolute atomic E-state index is 0.0772. The van der Waals surface area contributed by atoms with Gasteiger partial charge in [-0.2, -0.15) is 5.26 Å². The number of nitrogens with two attached hydrogens (primary N) is 1. The molecule has 0 spiro atoms. The maximum atomic E-state index is 12.5. The molecule has 5 nitrogen and oxygen atoms in total. The largest absolute Gasteiger partial charge is 0.335 e. The van der Waals surface area contributed by atoms with E-state index in [1.54, 1.807) is 17.2 Å². The van der Waals surface area contributed by atoms with Crippen molar-refractivity contribution in [2.45, 2.75) is 25.3 Å². The molecule has 5 heteroatoms. The van der Waals surface area contributed by atoms with Crippen LogP contribution in [0.1, 0.15) is 35.2 Å². The first-order valence-electron chi connectivity index (χ1n) is 6.58. The first kappa shape index (κ1) is 14.0. The van der Waals surface area contributed by atoms with Crippen molar-refractivity contribution >= 4 is 5.91 Å². The quantitative estimate of drug-likeness (QED) is 0.823. The molecule has 1 amide bonds. The van der Waals surface area contributed by atoms with Crippen LogP contribution < -0.4 is 5.73 Å². The number of nitriles is 1. The third kappa shape index (κ3) is 3.57. The first-order chi connectivity index (χ1) is 9.76. The maximum absolute atomic E-state index is 12.5. The van der Waals surface area contributed by atoms with Crippen LogP contribution in [0.4, 0.5) is 0 Å². The van der Waals surface area contributed by atoms with Gasteiger partial charge in [-0.3, -0.25) is 9.78 Å². The van der Waals surface area contributed by atoms with E-state index >= 15 is 0 Å². The summed E-state index contributed by atoms with van der Waals surface area (Å²) in [4.78, 5) is 18.3. The summed E-state index contributed by atoms with van der Waals surface area (Å²) in [6.45, 7) is 0.743. The lowest BCUT2D eigenvalue weighted by Crippen LogP contribution is -2.34. The van der Waals surface area contributed by atoms with E-state index in [0.717, 1.165) is 12.8 Å². The summed E-state index contributed by atoms with van der Waals surface area (Å²) in [7, 11) is 0. The molecule has 1 aliphatic carbocycles. The van der Waals surface area contributed by atoms with E-state index in [9.17, 15) is 4.79 Å². The van der Waals surface area contributed by atoms with Gasteiger partial charge in [0.25, 0.3) is 5.91 Å². The van der Waals surface area contributed by atoms with Crippen molar-refractivity contribution in [1.82, 2.24) is 9.88 Å². The number of aromatic nitrogens is 1. The lowest BCUT2D eigenvalue weighted by atomic mass is 10.2. The number of hydrogen-bond acceptors (Lipinski definition) is 4. The minimum Gasteiger partial charge on any atom is -0.335 e. The van der Waals surface area contributed by atoms with Gasteiger partial charge in [-0.15, -0.1) is 0 Å². The van der Waals surface area contributed by atoms with Crippen LogP contribution in [0.15, 0.2) is 18.5 Å². The van der Waals surface area contributed by atoms with Crippen molar-refractivity contribution in [3.05, 3.63) is 29.6 Å². The van der Waals surface area contributed by atoms with Crippen molar-refractivity contribution < 1.29 is 4.79 Å². The summed E-state index contributed by atoms with van der Waals surface area (Å²) < 4.78 is 0. The summed E-state index contributed by atoms with van der Waals surface area (Å²) in [5.41, 5.74) is 6.52. The number of hydrogen-bond donors (Lipinski definition) is 1. The molecule has 2 N–H and O–H groups in total. The molecular weight excluding hydrogens is 252 g/mol. The molecule has 102 valence electrons. The van der Waals surface area contributed by atoms with Crippen LogP contribution in [0.25, 0.3) is 0 Å². The Morgan fingerprint density at radius 3 is 2.95 bits per heavy atom. The molecule has 1 aromatic rings. The molecule has 0 aromatic carbocycles. The van der Waals surface area contributed by atoms with Crippen molar-refractivity contribution in [2.24, 2.45) is 5.73 Å². The van der Waals surface area contributed by atoms with E-state index < -0.39 is 0 Å². The van der Waals surface area contributed by atoms with Gasteiger partial charge in [-0.25, -0.2) is 0 Å². The summed E-state index contributed by atoms with van der Waals surface area (Å²) in [5, 5.41) is 8.68. The summed E-state index contributed by atoms with van der Waals surface area (Å²) in [6.07, 6.45) is 5.52. The normalized spacial score (nSPS) is 13.0. The lowest BCUT2D eigenvalue weighted by molar-refractivity contribution is 0.0746. The number of nitrogens with zero attached hydrogens (tertiary/aromatic N) is 3. The van der Waals surface area contributed by atoms with E-state index in [1.165, 1.54) is 6.20 Å². The van der Waals surface area contributed by atoms with Gasteiger partial charge in [-0.05, 0) is 18.9 Å². The van der Waals surface area contributed by atoms with E-state index in [4.69, 9.17) is 11.0 Å². The molecule has 1 fully saturated rings. The zero-order valence-corrected chi connectivity index (χ0v) is 11.2. The SMILES string of the molecule is N#CCCN(C(=O)c1cncc(C#CCN)c1)C1CC1. The van der Waals surface area contributed by atoms with E-state index in [0.29, 0.717) is 24.1 Å². The molecule has 1 saturated carbocycles. The summed E-state index contributed by atoms with van der Waals surface area (Å²) >= 11 is 0. The topological polar surface area (TPSA) is 83.0 Å². The number of carbonyl (C=O) groups is 1. The predicted molar refractivity (Wildman–Crippen MR) is 74.5 cm³/mol. The maximum Gasteiger partial charge on any atom is 0.255 e. The average molecular weight is 268 g/mol. The molecule has 0 saturated heterocycles. The standard InChI is InChI=1S/C15H16N4O/c16-6-1-3-12-9-13(11-18-10-12)15(20)19(8-2-7-17)14-4-5-14/h9-11,14H,2,4-6,8,16H2. The van der Waals surface area contributed by atoms with Crippen LogP contribution in [0.5, 0.6) is 0 Å². The lowest BCUT2D eigenvalue weighted by Gasteiger charge is -2.21. The smallest absolute Gasteiger partial charge is 0.255 e. The molecule has 0 atom stereocenters. The fraction of sp³-hybridized carbons (Fsp3) is 0.400. The van der Waals surface area contributed by atoms with Crippen LogP contribution in [-0.4, -0.2) is 34.9 Å². The second-order valence-corrected chi connectivity index (χ2v) is 4.61. The molecule has 1 heterocycles. The number of carbonyl (C=O) groups excluding carboxylic acids is 1. The van der Waals surface area contributed by atoms with Crippen LogP contribution in [-0.2, 0) is 0 Å². The Morgan fingerprint density at radius 1 is 1.50 bits per heavy atom. The fourth-order valence-electron chi connectivity index (χ4n) is 1.95. The first-order valence-corrected chi connectivity index (χ1v) is 6.58. The highest BCUT2D eigenvalue weighted by atomic mass is 16.2. The molecule has 0 bridgehead atoms. The number of amides is 1. The molecule has 1 aromatic heterocycles. The highest BCUT2D eigenvalue weighted by Gasteiger charge is 2.32. The molecule has 20 heavy (non-hydrogen) atoms. The number of rotatable bonds is 4. The molecule has 0 unspecified atom stereocenters. The fourth-order valence-corrected chi connectivity index (χ4v) is 1.95. The molecule has 1 aliphatic rings. The molecule has 2 rings (SSSR count). The van der Waals surface area contributed by atoms with Crippen molar-refractivity contribution in [3.63, 3.8) is 0 Å². The van der Waals surface area contributed by atoms with E-state index in [-0.39, 0.29) is 18.5 Å². The third-order valence-electron chi connectivity index (χ3n) is 3.03. The van der Waals surface area contributed by atoms with Gasteiger partial charge < -0.3 is 10.6 Å². The zero-order valence-electron chi connectivity index (χ0n) is 11.2. The van der Waals surface area contributed by atoms with Gasteiger partial charge in [0.2, 0.25) is 0 Å². The highest BCUT2D eigenvalue weighted by molar-refractivity contribution is 5.94. The average Bonchev–Trinajstić information content (AvgIpc) is 3.30. The van der Waals surface area contributed by atoms with Gasteiger partial charge in [0.15, 0.2) is 0 Å². The van der Waals surface area contributed by atoms with Gasteiger partial charge >= 0.3 is 0 Å². The monoisotopic (exact) mass is 268 g/mol. The van der Waals surface area contributed by atoms with Crippen LogP contribution in [0.3, 0.4) is 0 Å². The van der Waals surface area contributed by atoms with Gasteiger partial charge in [-0.1, -0.05) is 11.8 Å². The third-order valence-corrected chi connectivity index (χ3v) is 3.03. The number of pyridine rings is 1. The second kappa shape index (κ2) is 6.70. The molecular formula is C15H16N4O. The summed E-state index contributed by atoms with van der Waals surface area (Å²) in [5.74, 6) is 5.53.